The predicted molar refractivity (Wildman–Crippen MR) is 63.6 cm³/mol. The van der Waals surface area contributed by atoms with Crippen LogP contribution in [0.1, 0.15) is 11.1 Å². The average Bonchev–Trinajstić information content (AvgIpc) is 2.17. The average molecular weight is 207 g/mol. The molecule has 0 bridgehead atoms. The molecule has 14 heavy (non-hydrogen) atoms. The van der Waals surface area contributed by atoms with E-state index in [1.54, 1.807) is 13.3 Å². The zero-order chi connectivity index (χ0) is 10.4. The molecule has 4 heteroatoms. The van der Waals surface area contributed by atoms with Gasteiger partial charge in [0.15, 0.2) is 5.11 Å². The topological polar surface area (TPSA) is 36.4 Å². The Hall–Kier alpha value is -1.42. The van der Waals surface area contributed by atoms with Crippen LogP contribution in [-0.2, 0) is 0 Å². The third kappa shape index (κ3) is 3.53. The molecule has 0 heterocycles. The molecule has 2 N–H and O–H groups in total. The quantitative estimate of drug-likeness (QED) is 0.437. The molecule has 0 aliphatic heterocycles. The van der Waals surface area contributed by atoms with Crippen LogP contribution in [0.25, 0.3) is 0 Å². The molecule has 0 fully saturated rings. The highest BCUT2D eigenvalue weighted by Crippen LogP contribution is 2.00. The first kappa shape index (κ1) is 10.7. The number of aryl methyl sites for hydroxylation is 1. The summed E-state index contributed by atoms with van der Waals surface area (Å²) in [7, 11) is 1.75. The summed E-state index contributed by atoms with van der Waals surface area (Å²) in [5.74, 6) is 0. The van der Waals surface area contributed by atoms with E-state index < -0.39 is 0 Å². The van der Waals surface area contributed by atoms with Crippen molar-refractivity contribution in [1.29, 1.82) is 0 Å². The number of hydrogen-bond donors (Lipinski definition) is 2. The first-order valence-electron chi connectivity index (χ1n) is 4.30. The van der Waals surface area contributed by atoms with Gasteiger partial charge in [-0.2, -0.15) is 5.10 Å². The van der Waals surface area contributed by atoms with Gasteiger partial charge in [0.1, 0.15) is 0 Å². The molecule has 0 aliphatic rings. The van der Waals surface area contributed by atoms with Gasteiger partial charge in [0, 0.05) is 7.05 Å². The number of benzene rings is 1. The Bertz CT molecular complexity index is 347. The van der Waals surface area contributed by atoms with Crippen molar-refractivity contribution in [3.8, 4) is 0 Å². The highest BCUT2D eigenvalue weighted by atomic mass is 32.1. The predicted octanol–water partition coefficient (Wildman–Crippen LogP) is 1.42. The van der Waals surface area contributed by atoms with Gasteiger partial charge in [0.25, 0.3) is 0 Å². The molecular weight excluding hydrogens is 194 g/mol. The number of nitrogens with one attached hydrogen (secondary N) is 2. The molecule has 0 unspecified atom stereocenters. The summed E-state index contributed by atoms with van der Waals surface area (Å²) in [6.07, 6.45) is 1.73. The highest BCUT2D eigenvalue weighted by molar-refractivity contribution is 7.80. The van der Waals surface area contributed by atoms with E-state index in [1.807, 2.05) is 31.2 Å². The fraction of sp³-hybridized carbons (Fsp3) is 0.200. The molecule has 3 nitrogen and oxygen atoms in total. The largest absolute Gasteiger partial charge is 0.364 e. The van der Waals surface area contributed by atoms with Crippen LogP contribution in [0, 0.1) is 6.92 Å². The maximum atomic E-state index is 4.86. The van der Waals surface area contributed by atoms with E-state index in [9.17, 15) is 0 Å². The molecule has 1 aromatic carbocycles. The smallest absolute Gasteiger partial charge is 0.186 e. The molecular formula is C10H13N3S. The summed E-state index contributed by atoms with van der Waals surface area (Å²) in [6, 6.07) is 8.07. The van der Waals surface area contributed by atoms with Gasteiger partial charge in [0.05, 0.1) is 6.21 Å². The fourth-order valence-corrected chi connectivity index (χ4v) is 1.02. The summed E-state index contributed by atoms with van der Waals surface area (Å²) in [5.41, 5.74) is 4.96. The molecule has 74 valence electrons. The molecule has 0 saturated heterocycles. The Morgan fingerprint density at radius 1 is 1.50 bits per heavy atom. The fourth-order valence-electron chi connectivity index (χ4n) is 0.972. The van der Waals surface area contributed by atoms with E-state index in [2.05, 4.69) is 15.8 Å². The Labute approximate surface area is 89.2 Å². The van der Waals surface area contributed by atoms with E-state index >= 15 is 0 Å². The standard InChI is InChI=1S/C10H13N3S/c1-8-4-3-5-9(6-8)7-12-13-10(14)11-2/h3-7H,1-2H3,(H2,11,13,14)/b12-7+. The zero-order valence-corrected chi connectivity index (χ0v) is 9.06. The lowest BCUT2D eigenvalue weighted by Crippen LogP contribution is -2.28. The number of nitrogens with zero attached hydrogens (tertiary/aromatic N) is 1. The van der Waals surface area contributed by atoms with Crippen molar-refractivity contribution in [2.24, 2.45) is 5.10 Å². The lowest BCUT2D eigenvalue weighted by molar-refractivity contribution is 0.982. The minimum atomic E-state index is 0.508. The van der Waals surface area contributed by atoms with Gasteiger partial charge in [0.2, 0.25) is 0 Å². The summed E-state index contributed by atoms with van der Waals surface area (Å²) < 4.78 is 0. The number of rotatable bonds is 2. The molecule has 0 spiro atoms. The van der Waals surface area contributed by atoms with Crippen LogP contribution in [0.2, 0.25) is 0 Å². The maximum Gasteiger partial charge on any atom is 0.186 e. The SMILES string of the molecule is CNC(=S)N/N=C/c1cccc(C)c1. The Morgan fingerprint density at radius 3 is 2.93 bits per heavy atom. The lowest BCUT2D eigenvalue weighted by Gasteiger charge is -1.99. The van der Waals surface area contributed by atoms with Crippen molar-refractivity contribution < 1.29 is 0 Å². The van der Waals surface area contributed by atoms with Crippen LogP contribution in [0.15, 0.2) is 29.4 Å². The zero-order valence-electron chi connectivity index (χ0n) is 8.24. The van der Waals surface area contributed by atoms with Gasteiger partial charge >= 0.3 is 0 Å². The molecule has 1 aromatic rings. The van der Waals surface area contributed by atoms with Gasteiger partial charge in [-0.25, -0.2) is 0 Å². The molecule has 0 amide bonds. The molecule has 1 rings (SSSR count). The molecule has 0 saturated carbocycles. The van der Waals surface area contributed by atoms with E-state index in [-0.39, 0.29) is 0 Å². The van der Waals surface area contributed by atoms with Crippen LogP contribution >= 0.6 is 12.2 Å². The van der Waals surface area contributed by atoms with Crippen molar-refractivity contribution in [3.63, 3.8) is 0 Å². The summed E-state index contributed by atoms with van der Waals surface area (Å²) in [4.78, 5) is 0. The van der Waals surface area contributed by atoms with Crippen LogP contribution in [-0.4, -0.2) is 18.4 Å². The van der Waals surface area contributed by atoms with E-state index in [1.165, 1.54) is 5.56 Å². The van der Waals surface area contributed by atoms with Crippen molar-refractivity contribution in [3.05, 3.63) is 35.4 Å². The molecule has 0 atom stereocenters. The van der Waals surface area contributed by atoms with Crippen molar-refractivity contribution in [1.82, 2.24) is 10.7 Å². The second-order valence-electron chi connectivity index (χ2n) is 2.86. The second kappa shape index (κ2) is 5.34. The molecule has 0 aromatic heterocycles. The minimum absolute atomic E-state index is 0.508. The van der Waals surface area contributed by atoms with E-state index in [4.69, 9.17) is 12.2 Å². The minimum Gasteiger partial charge on any atom is -0.364 e. The summed E-state index contributed by atoms with van der Waals surface area (Å²) in [6.45, 7) is 2.04. The first-order chi connectivity index (χ1) is 6.72. The Morgan fingerprint density at radius 2 is 2.29 bits per heavy atom. The van der Waals surface area contributed by atoms with Crippen LogP contribution in [0.3, 0.4) is 0 Å². The summed E-state index contributed by atoms with van der Waals surface area (Å²) >= 11 is 4.86. The third-order valence-corrected chi connectivity index (χ3v) is 1.94. The van der Waals surface area contributed by atoms with E-state index in [0.29, 0.717) is 5.11 Å². The Balaban J connectivity index is 2.56. The van der Waals surface area contributed by atoms with Gasteiger partial charge in [-0.15, -0.1) is 0 Å². The monoisotopic (exact) mass is 207 g/mol. The van der Waals surface area contributed by atoms with Crippen molar-refractivity contribution in [2.75, 3.05) is 7.05 Å². The molecule has 0 aliphatic carbocycles. The number of thiocarbonyl (C=S) groups is 1. The number of hydrazone groups is 1. The lowest BCUT2D eigenvalue weighted by atomic mass is 10.2. The van der Waals surface area contributed by atoms with Gasteiger partial charge in [-0.05, 0) is 24.7 Å². The Kier molecular flexibility index (Phi) is 4.07. The number of hydrogen-bond acceptors (Lipinski definition) is 2. The van der Waals surface area contributed by atoms with E-state index in [0.717, 1.165) is 5.56 Å². The van der Waals surface area contributed by atoms with Crippen LogP contribution in [0.4, 0.5) is 0 Å². The second-order valence-corrected chi connectivity index (χ2v) is 3.27. The van der Waals surface area contributed by atoms with Crippen molar-refractivity contribution >= 4 is 23.5 Å². The van der Waals surface area contributed by atoms with Crippen LogP contribution in [0.5, 0.6) is 0 Å². The maximum absolute atomic E-state index is 4.86. The van der Waals surface area contributed by atoms with Crippen LogP contribution < -0.4 is 10.7 Å². The normalized spacial score (nSPS) is 10.1. The first-order valence-corrected chi connectivity index (χ1v) is 4.70. The third-order valence-electron chi connectivity index (χ3n) is 1.65. The van der Waals surface area contributed by atoms with Gasteiger partial charge in [-0.1, -0.05) is 29.8 Å². The summed E-state index contributed by atoms with van der Waals surface area (Å²) in [5, 5.41) is 7.25. The van der Waals surface area contributed by atoms with Gasteiger partial charge in [-0.3, -0.25) is 5.43 Å². The van der Waals surface area contributed by atoms with Crippen molar-refractivity contribution in [2.45, 2.75) is 6.92 Å². The molecule has 0 radical (unpaired) electrons. The highest BCUT2D eigenvalue weighted by Gasteiger charge is 1.88. The van der Waals surface area contributed by atoms with Gasteiger partial charge < -0.3 is 5.32 Å².